The third-order valence-electron chi connectivity index (χ3n) is 2.85. The Balaban J connectivity index is 3.76. The number of nitrogens with zero attached hydrogens (tertiary/aromatic N) is 3. The van der Waals surface area contributed by atoms with E-state index in [9.17, 15) is 9.59 Å². The van der Waals surface area contributed by atoms with Crippen LogP contribution in [0.4, 0.5) is 0 Å². The van der Waals surface area contributed by atoms with Gasteiger partial charge in [0.05, 0.1) is 13.1 Å². The third kappa shape index (κ3) is 9.09. The molecule has 106 valence electrons. The molecule has 0 atom stereocenters. The van der Waals surface area contributed by atoms with Crippen molar-refractivity contribution in [2.24, 2.45) is 0 Å². The second-order valence-corrected chi connectivity index (χ2v) is 4.49. The van der Waals surface area contributed by atoms with Gasteiger partial charge in [-0.2, -0.15) is 0 Å². The van der Waals surface area contributed by atoms with Crippen LogP contribution in [-0.4, -0.2) is 92.0 Å². The second kappa shape index (κ2) is 9.99. The van der Waals surface area contributed by atoms with Crippen molar-refractivity contribution in [1.29, 1.82) is 0 Å². The SMILES string of the molecule is CCN(CCN(C)CCN(C)CC=O)CC(=O)O. The first-order chi connectivity index (χ1) is 8.49. The molecule has 0 bridgehead atoms. The summed E-state index contributed by atoms with van der Waals surface area (Å²) in [5.74, 6) is -0.787. The number of likely N-dealkylation sites (N-methyl/N-ethyl adjacent to an activating group) is 3. The van der Waals surface area contributed by atoms with Crippen LogP contribution in [0.1, 0.15) is 6.92 Å². The Kier molecular flexibility index (Phi) is 9.45. The molecule has 0 aliphatic rings. The van der Waals surface area contributed by atoms with Crippen molar-refractivity contribution in [3.8, 4) is 0 Å². The Bertz CT molecular complexity index is 249. The van der Waals surface area contributed by atoms with Gasteiger partial charge in [-0.25, -0.2) is 0 Å². The normalized spacial score (nSPS) is 11.4. The minimum Gasteiger partial charge on any atom is -0.480 e. The molecule has 0 spiro atoms. The predicted molar refractivity (Wildman–Crippen MR) is 70.8 cm³/mol. The number of rotatable bonds is 11. The number of aliphatic carboxylic acids is 1. The number of carbonyl (C=O) groups excluding carboxylic acids is 1. The van der Waals surface area contributed by atoms with Gasteiger partial charge in [0, 0.05) is 26.2 Å². The molecule has 0 saturated heterocycles. The van der Waals surface area contributed by atoms with Gasteiger partial charge < -0.3 is 14.8 Å². The van der Waals surface area contributed by atoms with Gasteiger partial charge >= 0.3 is 5.97 Å². The molecule has 0 aromatic rings. The first-order valence-electron chi connectivity index (χ1n) is 6.24. The lowest BCUT2D eigenvalue weighted by molar-refractivity contribution is -0.138. The number of carbonyl (C=O) groups is 2. The van der Waals surface area contributed by atoms with Crippen LogP contribution in [0.15, 0.2) is 0 Å². The Hall–Kier alpha value is -0.980. The van der Waals surface area contributed by atoms with Gasteiger partial charge in [-0.1, -0.05) is 6.92 Å². The van der Waals surface area contributed by atoms with Crippen LogP contribution >= 0.6 is 0 Å². The van der Waals surface area contributed by atoms with Crippen molar-refractivity contribution < 1.29 is 14.7 Å². The lowest BCUT2D eigenvalue weighted by atomic mass is 10.4. The van der Waals surface area contributed by atoms with Gasteiger partial charge in [-0.15, -0.1) is 0 Å². The Morgan fingerprint density at radius 3 is 2.17 bits per heavy atom. The molecular weight excluding hydrogens is 234 g/mol. The fourth-order valence-electron chi connectivity index (χ4n) is 1.52. The van der Waals surface area contributed by atoms with E-state index in [1.807, 2.05) is 30.8 Å². The zero-order valence-corrected chi connectivity index (χ0v) is 11.6. The molecule has 1 N–H and O–H groups in total. The Morgan fingerprint density at radius 1 is 1.11 bits per heavy atom. The van der Waals surface area contributed by atoms with E-state index in [0.29, 0.717) is 6.54 Å². The minimum absolute atomic E-state index is 0.0926. The van der Waals surface area contributed by atoms with Crippen LogP contribution in [0.2, 0.25) is 0 Å². The summed E-state index contributed by atoms with van der Waals surface area (Å²) in [6.45, 7) is 6.53. The highest BCUT2D eigenvalue weighted by molar-refractivity contribution is 5.69. The van der Waals surface area contributed by atoms with E-state index >= 15 is 0 Å². The fraction of sp³-hybridized carbons (Fsp3) is 0.833. The van der Waals surface area contributed by atoms with Crippen molar-refractivity contribution in [1.82, 2.24) is 14.7 Å². The van der Waals surface area contributed by atoms with Crippen LogP contribution in [0.25, 0.3) is 0 Å². The first-order valence-corrected chi connectivity index (χ1v) is 6.24. The Morgan fingerprint density at radius 2 is 1.67 bits per heavy atom. The molecule has 0 fully saturated rings. The summed E-state index contributed by atoms with van der Waals surface area (Å²) in [5.41, 5.74) is 0. The summed E-state index contributed by atoms with van der Waals surface area (Å²) in [4.78, 5) is 26.9. The molecule has 0 amide bonds. The zero-order chi connectivity index (χ0) is 14.0. The molecular formula is C12H25N3O3. The minimum atomic E-state index is -0.787. The molecule has 0 aliphatic carbocycles. The monoisotopic (exact) mass is 259 g/mol. The molecule has 0 saturated carbocycles. The predicted octanol–water partition coefficient (Wildman–Crippen LogP) is -0.545. The summed E-state index contributed by atoms with van der Waals surface area (Å²) >= 11 is 0. The molecule has 6 nitrogen and oxygen atoms in total. The van der Waals surface area contributed by atoms with Crippen molar-refractivity contribution >= 4 is 12.3 Å². The van der Waals surface area contributed by atoms with Crippen LogP contribution < -0.4 is 0 Å². The average molecular weight is 259 g/mol. The lowest BCUT2D eigenvalue weighted by Crippen LogP contribution is -2.39. The van der Waals surface area contributed by atoms with E-state index in [-0.39, 0.29) is 6.54 Å². The molecule has 0 aliphatic heterocycles. The summed E-state index contributed by atoms with van der Waals surface area (Å²) in [6.07, 6.45) is 0.895. The van der Waals surface area contributed by atoms with Gasteiger partial charge in [0.15, 0.2) is 0 Å². The largest absolute Gasteiger partial charge is 0.480 e. The van der Waals surface area contributed by atoms with E-state index in [1.165, 1.54) is 0 Å². The van der Waals surface area contributed by atoms with Gasteiger partial charge in [0.25, 0.3) is 0 Å². The molecule has 0 unspecified atom stereocenters. The summed E-state index contributed by atoms with van der Waals surface area (Å²) in [6, 6.07) is 0. The van der Waals surface area contributed by atoms with E-state index in [0.717, 1.165) is 39.0 Å². The smallest absolute Gasteiger partial charge is 0.317 e. The van der Waals surface area contributed by atoms with E-state index in [2.05, 4.69) is 4.90 Å². The summed E-state index contributed by atoms with van der Waals surface area (Å²) in [7, 11) is 3.91. The fourth-order valence-corrected chi connectivity index (χ4v) is 1.52. The van der Waals surface area contributed by atoms with Crippen LogP contribution in [0, 0.1) is 0 Å². The van der Waals surface area contributed by atoms with Crippen LogP contribution in [0.3, 0.4) is 0 Å². The standard InChI is InChI=1S/C12H25N3O3/c1-4-15(11-12(17)18)8-7-13(2)5-6-14(3)9-10-16/h10H,4-9,11H2,1-3H3,(H,17,18). The Labute approximate surface area is 109 Å². The highest BCUT2D eigenvalue weighted by Gasteiger charge is 2.08. The number of hydrogen-bond acceptors (Lipinski definition) is 5. The number of hydrogen-bond donors (Lipinski definition) is 1. The van der Waals surface area contributed by atoms with Crippen molar-refractivity contribution in [2.75, 3.05) is 59.9 Å². The average Bonchev–Trinajstić information content (AvgIpc) is 2.31. The quantitative estimate of drug-likeness (QED) is 0.503. The molecule has 6 heteroatoms. The maximum atomic E-state index is 10.6. The lowest BCUT2D eigenvalue weighted by Gasteiger charge is -2.24. The van der Waals surface area contributed by atoms with E-state index in [1.54, 1.807) is 0 Å². The number of carboxylic acids is 1. The van der Waals surface area contributed by atoms with Crippen molar-refractivity contribution in [3.05, 3.63) is 0 Å². The molecule has 0 rings (SSSR count). The topological polar surface area (TPSA) is 64.1 Å². The van der Waals surface area contributed by atoms with Crippen molar-refractivity contribution in [3.63, 3.8) is 0 Å². The maximum Gasteiger partial charge on any atom is 0.317 e. The van der Waals surface area contributed by atoms with Crippen molar-refractivity contribution in [2.45, 2.75) is 6.92 Å². The van der Waals surface area contributed by atoms with E-state index in [4.69, 9.17) is 5.11 Å². The van der Waals surface area contributed by atoms with Crippen LogP contribution in [0.5, 0.6) is 0 Å². The van der Waals surface area contributed by atoms with Gasteiger partial charge in [-0.3, -0.25) is 14.6 Å². The molecule has 0 aromatic heterocycles. The maximum absolute atomic E-state index is 10.6. The van der Waals surface area contributed by atoms with Gasteiger partial charge in [-0.05, 0) is 20.6 Å². The molecule has 0 heterocycles. The zero-order valence-electron chi connectivity index (χ0n) is 11.6. The third-order valence-corrected chi connectivity index (χ3v) is 2.85. The van der Waals surface area contributed by atoms with Gasteiger partial charge in [0.1, 0.15) is 6.29 Å². The number of carboxylic acid groups (broad SMARTS) is 1. The number of aldehydes is 1. The molecule has 0 aromatic carbocycles. The van der Waals surface area contributed by atoms with E-state index < -0.39 is 5.97 Å². The van der Waals surface area contributed by atoms with Gasteiger partial charge in [0.2, 0.25) is 0 Å². The summed E-state index contributed by atoms with van der Waals surface area (Å²) in [5, 5.41) is 8.72. The molecule has 0 radical (unpaired) electrons. The molecule has 18 heavy (non-hydrogen) atoms. The highest BCUT2D eigenvalue weighted by Crippen LogP contribution is 1.91. The summed E-state index contributed by atoms with van der Waals surface area (Å²) < 4.78 is 0. The highest BCUT2D eigenvalue weighted by atomic mass is 16.4. The second-order valence-electron chi connectivity index (χ2n) is 4.49. The first kappa shape index (κ1) is 17.0. The van der Waals surface area contributed by atoms with Crippen LogP contribution in [-0.2, 0) is 9.59 Å².